The van der Waals surface area contributed by atoms with Crippen LogP contribution in [0, 0.1) is 6.92 Å². The van der Waals surface area contributed by atoms with Crippen LogP contribution in [0.3, 0.4) is 0 Å². The molecule has 2 aromatic rings. The SMILES string of the molecule is CNc1cc(N2CC[C@](O)(CNC(=O)Cn3ccnc3C)C2)ncn1. The molecule has 1 fully saturated rings. The van der Waals surface area contributed by atoms with Gasteiger partial charge in [-0.3, -0.25) is 4.79 Å². The van der Waals surface area contributed by atoms with Crippen molar-refractivity contribution in [3.05, 3.63) is 30.6 Å². The van der Waals surface area contributed by atoms with Gasteiger partial charge in [-0.1, -0.05) is 0 Å². The first kappa shape index (κ1) is 17.2. The smallest absolute Gasteiger partial charge is 0.240 e. The largest absolute Gasteiger partial charge is 0.386 e. The van der Waals surface area contributed by atoms with Crippen LogP contribution < -0.4 is 15.5 Å². The number of aliphatic hydroxyl groups is 1. The third-order valence-corrected chi connectivity index (χ3v) is 4.42. The number of nitrogens with zero attached hydrogens (tertiary/aromatic N) is 5. The van der Waals surface area contributed by atoms with E-state index in [0.29, 0.717) is 19.5 Å². The summed E-state index contributed by atoms with van der Waals surface area (Å²) >= 11 is 0. The summed E-state index contributed by atoms with van der Waals surface area (Å²) < 4.78 is 1.76. The topological polar surface area (TPSA) is 108 Å². The molecule has 3 N–H and O–H groups in total. The average molecular weight is 345 g/mol. The van der Waals surface area contributed by atoms with E-state index in [2.05, 4.69) is 25.6 Å². The van der Waals surface area contributed by atoms with Crippen molar-refractivity contribution in [3.63, 3.8) is 0 Å². The van der Waals surface area contributed by atoms with Gasteiger partial charge < -0.3 is 25.2 Å². The third-order valence-electron chi connectivity index (χ3n) is 4.42. The number of hydrogen-bond donors (Lipinski definition) is 3. The molecule has 0 saturated carbocycles. The summed E-state index contributed by atoms with van der Waals surface area (Å²) in [5.41, 5.74) is -0.968. The fraction of sp³-hybridized carbons (Fsp3) is 0.500. The van der Waals surface area contributed by atoms with Crippen LogP contribution in [0.15, 0.2) is 24.8 Å². The molecule has 1 atom stereocenters. The lowest BCUT2D eigenvalue weighted by atomic mass is 10.0. The monoisotopic (exact) mass is 345 g/mol. The Kier molecular flexibility index (Phi) is 4.84. The van der Waals surface area contributed by atoms with Crippen molar-refractivity contribution in [1.29, 1.82) is 0 Å². The number of carbonyl (C=O) groups excluding carboxylic acids is 1. The van der Waals surface area contributed by atoms with Gasteiger partial charge >= 0.3 is 0 Å². The Bertz CT molecular complexity index is 748. The quantitative estimate of drug-likeness (QED) is 0.664. The number of anilines is 2. The van der Waals surface area contributed by atoms with Crippen LogP contribution in [0.4, 0.5) is 11.6 Å². The molecule has 0 bridgehead atoms. The molecule has 1 amide bonds. The molecule has 1 saturated heterocycles. The first-order valence-corrected chi connectivity index (χ1v) is 8.21. The Hall–Kier alpha value is -2.68. The van der Waals surface area contributed by atoms with Gasteiger partial charge in [-0.15, -0.1) is 0 Å². The van der Waals surface area contributed by atoms with E-state index in [1.807, 2.05) is 17.9 Å². The van der Waals surface area contributed by atoms with E-state index >= 15 is 0 Å². The molecule has 0 radical (unpaired) electrons. The van der Waals surface area contributed by atoms with Crippen molar-refractivity contribution in [2.24, 2.45) is 0 Å². The van der Waals surface area contributed by atoms with E-state index in [1.54, 1.807) is 24.0 Å². The zero-order chi connectivity index (χ0) is 17.9. The molecule has 0 spiro atoms. The van der Waals surface area contributed by atoms with E-state index in [9.17, 15) is 9.90 Å². The summed E-state index contributed by atoms with van der Waals surface area (Å²) in [7, 11) is 1.80. The number of amides is 1. The van der Waals surface area contributed by atoms with Crippen LogP contribution in [-0.2, 0) is 11.3 Å². The van der Waals surface area contributed by atoms with Crippen molar-refractivity contribution >= 4 is 17.5 Å². The van der Waals surface area contributed by atoms with E-state index in [-0.39, 0.29) is 19.0 Å². The molecule has 0 aromatic carbocycles. The van der Waals surface area contributed by atoms with Gasteiger partial charge in [0, 0.05) is 45.1 Å². The molecule has 1 aliphatic rings. The van der Waals surface area contributed by atoms with Crippen molar-refractivity contribution in [2.75, 3.05) is 36.9 Å². The molecule has 0 aliphatic carbocycles. The molecule has 25 heavy (non-hydrogen) atoms. The maximum atomic E-state index is 12.1. The Balaban J connectivity index is 1.54. The minimum absolute atomic E-state index is 0.146. The van der Waals surface area contributed by atoms with Crippen LogP contribution in [0.25, 0.3) is 0 Å². The highest BCUT2D eigenvalue weighted by Gasteiger charge is 2.37. The molecule has 1 aliphatic heterocycles. The van der Waals surface area contributed by atoms with E-state index in [1.165, 1.54) is 6.33 Å². The molecule has 134 valence electrons. The Morgan fingerprint density at radius 2 is 2.24 bits per heavy atom. The Morgan fingerprint density at radius 3 is 2.96 bits per heavy atom. The maximum Gasteiger partial charge on any atom is 0.240 e. The van der Waals surface area contributed by atoms with Crippen molar-refractivity contribution in [1.82, 2.24) is 24.8 Å². The predicted molar refractivity (Wildman–Crippen MR) is 93.3 cm³/mol. The van der Waals surface area contributed by atoms with Gasteiger partial charge in [0.25, 0.3) is 0 Å². The molecular formula is C16H23N7O2. The standard InChI is InChI=1S/C16H23N7O2/c1-12-18-4-6-22(12)8-15(24)19-9-16(25)3-5-23(10-16)14-7-13(17-2)20-11-21-14/h4,6-7,11,25H,3,5,8-10H2,1-2H3,(H,19,24)(H,17,20,21)/t16-/m0/s1. The minimum atomic E-state index is -0.968. The lowest BCUT2D eigenvalue weighted by molar-refractivity contribution is -0.122. The average Bonchev–Trinajstić information content (AvgIpc) is 3.20. The van der Waals surface area contributed by atoms with Gasteiger partial charge in [0.1, 0.15) is 35.9 Å². The van der Waals surface area contributed by atoms with Crippen LogP contribution >= 0.6 is 0 Å². The van der Waals surface area contributed by atoms with Gasteiger partial charge in [0.2, 0.25) is 5.91 Å². The second-order valence-electron chi connectivity index (χ2n) is 6.29. The summed E-state index contributed by atoms with van der Waals surface area (Å²) in [6, 6.07) is 1.84. The van der Waals surface area contributed by atoms with Crippen molar-refractivity contribution < 1.29 is 9.90 Å². The van der Waals surface area contributed by atoms with Crippen LogP contribution in [-0.4, -0.2) is 62.8 Å². The third kappa shape index (κ3) is 4.05. The maximum absolute atomic E-state index is 12.1. The summed E-state index contributed by atoms with van der Waals surface area (Å²) in [4.78, 5) is 26.5. The Labute approximate surface area is 146 Å². The number of nitrogens with one attached hydrogen (secondary N) is 2. The highest BCUT2D eigenvalue weighted by molar-refractivity contribution is 5.75. The molecule has 2 aromatic heterocycles. The first-order valence-electron chi connectivity index (χ1n) is 8.21. The molecular weight excluding hydrogens is 322 g/mol. The number of aryl methyl sites for hydroxylation is 1. The summed E-state index contributed by atoms with van der Waals surface area (Å²) in [6.07, 6.45) is 5.48. The summed E-state index contributed by atoms with van der Waals surface area (Å²) in [5, 5.41) is 16.5. The second kappa shape index (κ2) is 7.06. The summed E-state index contributed by atoms with van der Waals surface area (Å²) in [5.74, 6) is 2.12. The summed E-state index contributed by atoms with van der Waals surface area (Å²) in [6.45, 7) is 3.34. The highest BCUT2D eigenvalue weighted by Crippen LogP contribution is 2.25. The van der Waals surface area contributed by atoms with Crippen LogP contribution in [0.1, 0.15) is 12.2 Å². The van der Waals surface area contributed by atoms with E-state index in [0.717, 1.165) is 17.5 Å². The molecule has 3 rings (SSSR count). The van der Waals surface area contributed by atoms with Crippen molar-refractivity contribution in [2.45, 2.75) is 25.5 Å². The highest BCUT2D eigenvalue weighted by atomic mass is 16.3. The molecule has 3 heterocycles. The van der Waals surface area contributed by atoms with E-state index < -0.39 is 5.60 Å². The van der Waals surface area contributed by atoms with Crippen LogP contribution in [0.5, 0.6) is 0 Å². The normalized spacial score (nSPS) is 19.9. The van der Waals surface area contributed by atoms with Crippen molar-refractivity contribution in [3.8, 4) is 0 Å². The number of β-amino-alcohol motifs (C(OH)–C–C–N with tert-alkyl or cyclic N) is 1. The molecule has 9 nitrogen and oxygen atoms in total. The van der Waals surface area contributed by atoms with Gasteiger partial charge in [0.15, 0.2) is 0 Å². The zero-order valence-corrected chi connectivity index (χ0v) is 14.4. The number of rotatable bonds is 6. The fourth-order valence-electron chi connectivity index (χ4n) is 2.90. The Morgan fingerprint density at radius 1 is 1.40 bits per heavy atom. The fourth-order valence-corrected chi connectivity index (χ4v) is 2.90. The predicted octanol–water partition coefficient (Wildman–Crippen LogP) is -0.219. The molecule has 0 unspecified atom stereocenters. The number of aromatic nitrogens is 4. The van der Waals surface area contributed by atoms with Gasteiger partial charge in [-0.25, -0.2) is 15.0 Å². The first-order chi connectivity index (χ1) is 12.0. The van der Waals surface area contributed by atoms with E-state index in [4.69, 9.17) is 0 Å². The van der Waals surface area contributed by atoms with Gasteiger partial charge in [0.05, 0.1) is 0 Å². The lowest BCUT2D eigenvalue weighted by Gasteiger charge is -2.24. The molecule has 9 heteroatoms. The number of hydrogen-bond acceptors (Lipinski definition) is 7. The lowest BCUT2D eigenvalue weighted by Crippen LogP contribution is -2.45. The van der Waals surface area contributed by atoms with Gasteiger partial charge in [-0.2, -0.15) is 0 Å². The second-order valence-corrected chi connectivity index (χ2v) is 6.29. The minimum Gasteiger partial charge on any atom is -0.386 e. The number of carbonyl (C=O) groups is 1. The number of imidazole rings is 1. The zero-order valence-electron chi connectivity index (χ0n) is 14.4. The van der Waals surface area contributed by atoms with Gasteiger partial charge in [-0.05, 0) is 13.3 Å². The van der Waals surface area contributed by atoms with Crippen LogP contribution in [0.2, 0.25) is 0 Å².